The number of benzene rings is 3. The topological polar surface area (TPSA) is 49.4 Å². The maximum atomic E-state index is 13.6. The maximum absolute atomic E-state index is 13.6. The Morgan fingerprint density at radius 1 is 0.794 bits per heavy atom. The Kier molecular flexibility index (Phi) is 9.45. The van der Waals surface area contributed by atoms with E-state index in [9.17, 15) is 9.59 Å². The summed E-state index contributed by atoms with van der Waals surface area (Å²) in [5.41, 5.74) is 4.38. The van der Waals surface area contributed by atoms with Crippen molar-refractivity contribution in [2.24, 2.45) is 5.92 Å². The highest BCUT2D eigenvalue weighted by atomic mass is 16.2. The third-order valence-electron chi connectivity index (χ3n) is 5.90. The minimum absolute atomic E-state index is 0.00921. The predicted molar refractivity (Wildman–Crippen MR) is 138 cm³/mol. The molecule has 0 aliphatic carbocycles. The van der Waals surface area contributed by atoms with Gasteiger partial charge in [-0.1, -0.05) is 104 Å². The summed E-state index contributed by atoms with van der Waals surface area (Å²) in [6, 6.07) is 27.5. The van der Waals surface area contributed by atoms with Crippen LogP contribution in [0.5, 0.6) is 0 Å². The van der Waals surface area contributed by atoms with E-state index in [0.29, 0.717) is 38.3 Å². The molecule has 1 unspecified atom stereocenters. The fourth-order valence-corrected chi connectivity index (χ4v) is 3.91. The zero-order valence-corrected chi connectivity index (χ0v) is 20.5. The van der Waals surface area contributed by atoms with Gasteiger partial charge in [0.2, 0.25) is 11.8 Å². The normalized spacial score (nSPS) is 11.8. The fraction of sp³-hybridized carbons (Fsp3) is 0.333. The monoisotopic (exact) mass is 456 g/mol. The van der Waals surface area contributed by atoms with E-state index in [4.69, 9.17) is 0 Å². The second kappa shape index (κ2) is 12.7. The first-order chi connectivity index (χ1) is 16.4. The standard InChI is InChI=1S/C30H36N2O2/c1-23(2)21-31-30(34)28(20-26-10-6-4-7-11-26)32(22-27-12-8-5-9-13-27)29(33)19-18-25-16-14-24(3)15-17-25/h4-17,23,28H,18-22H2,1-3H3,(H,31,34). The fourth-order valence-electron chi connectivity index (χ4n) is 3.91. The predicted octanol–water partition coefficient (Wildman–Crippen LogP) is 5.34. The van der Waals surface area contributed by atoms with Crippen LogP contribution in [0, 0.1) is 12.8 Å². The molecule has 3 rings (SSSR count). The van der Waals surface area contributed by atoms with E-state index in [1.54, 1.807) is 4.90 Å². The summed E-state index contributed by atoms with van der Waals surface area (Å²) in [6.07, 6.45) is 1.49. The van der Waals surface area contributed by atoms with E-state index in [-0.39, 0.29) is 11.8 Å². The molecule has 34 heavy (non-hydrogen) atoms. The Labute approximate surface area is 204 Å². The van der Waals surface area contributed by atoms with Crippen LogP contribution >= 0.6 is 0 Å². The van der Waals surface area contributed by atoms with E-state index < -0.39 is 6.04 Å². The summed E-state index contributed by atoms with van der Waals surface area (Å²) in [5.74, 6) is 0.225. The first-order valence-corrected chi connectivity index (χ1v) is 12.1. The zero-order chi connectivity index (χ0) is 24.3. The molecule has 1 atom stereocenters. The number of hydrogen-bond acceptors (Lipinski definition) is 2. The lowest BCUT2D eigenvalue weighted by Gasteiger charge is -2.32. The van der Waals surface area contributed by atoms with Gasteiger partial charge in [-0.3, -0.25) is 9.59 Å². The van der Waals surface area contributed by atoms with Crippen molar-refractivity contribution < 1.29 is 9.59 Å². The number of carbonyl (C=O) groups is 2. The molecule has 0 saturated carbocycles. The van der Waals surface area contributed by atoms with Gasteiger partial charge in [-0.2, -0.15) is 0 Å². The van der Waals surface area contributed by atoms with Gasteiger partial charge in [0.05, 0.1) is 0 Å². The van der Waals surface area contributed by atoms with Crippen molar-refractivity contribution in [3.8, 4) is 0 Å². The molecule has 0 aliphatic rings. The van der Waals surface area contributed by atoms with Gasteiger partial charge in [-0.05, 0) is 36.0 Å². The van der Waals surface area contributed by atoms with Crippen LogP contribution in [0.2, 0.25) is 0 Å². The van der Waals surface area contributed by atoms with E-state index in [1.165, 1.54) is 5.56 Å². The minimum Gasteiger partial charge on any atom is -0.354 e. The number of rotatable bonds is 11. The third-order valence-corrected chi connectivity index (χ3v) is 5.90. The van der Waals surface area contributed by atoms with Crippen LogP contribution in [0.1, 0.15) is 42.5 Å². The molecule has 0 spiro atoms. The molecule has 3 aromatic rings. The molecule has 0 fully saturated rings. The van der Waals surface area contributed by atoms with Gasteiger partial charge in [0.15, 0.2) is 0 Å². The van der Waals surface area contributed by atoms with Crippen molar-refractivity contribution in [3.63, 3.8) is 0 Å². The molecule has 0 heterocycles. The number of amides is 2. The number of hydrogen-bond donors (Lipinski definition) is 1. The summed E-state index contributed by atoms with van der Waals surface area (Å²) in [7, 11) is 0. The Balaban J connectivity index is 1.86. The van der Waals surface area contributed by atoms with Crippen molar-refractivity contribution in [3.05, 3.63) is 107 Å². The number of aryl methyl sites for hydroxylation is 2. The van der Waals surface area contributed by atoms with Crippen molar-refractivity contribution in [1.29, 1.82) is 0 Å². The molecule has 4 nitrogen and oxygen atoms in total. The number of nitrogens with one attached hydrogen (secondary N) is 1. The number of carbonyl (C=O) groups excluding carboxylic acids is 2. The molecule has 3 aromatic carbocycles. The van der Waals surface area contributed by atoms with Crippen molar-refractivity contribution >= 4 is 11.8 Å². The summed E-state index contributed by atoms with van der Waals surface area (Å²) in [5, 5.41) is 3.07. The highest BCUT2D eigenvalue weighted by molar-refractivity contribution is 5.88. The summed E-state index contributed by atoms with van der Waals surface area (Å²) >= 11 is 0. The van der Waals surface area contributed by atoms with Gasteiger partial charge in [0, 0.05) is 25.9 Å². The average Bonchev–Trinajstić information content (AvgIpc) is 2.85. The van der Waals surface area contributed by atoms with Gasteiger partial charge in [0.1, 0.15) is 6.04 Å². The average molecular weight is 457 g/mol. The molecule has 0 bridgehead atoms. The lowest BCUT2D eigenvalue weighted by molar-refractivity contribution is -0.141. The lowest BCUT2D eigenvalue weighted by atomic mass is 10.0. The SMILES string of the molecule is Cc1ccc(CCC(=O)N(Cc2ccccc2)C(Cc2ccccc2)C(=O)NCC(C)C)cc1. The molecule has 178 valence electrons. The maximum Gasteiger partial charge on any atom is 0.243 e. The smallest absolute Gasteiger partial charge is 0.243 e. The third kappa shape index (κ3) is 7.87. The molecule has 0 aromatic heterocycles. The Hall–Kier alpha value is -3.40. The van der Waals surface area contributed by atoms with Crippen molar-refractivity contribution in [1.82, 2.24) is 10.2 Å². The van der Waals surface area contributed by atoms with E-state index in [0.717, 1.165) is 16.7 Å². The van der Waals surface area contributed by atoms with Crippen molar-refractivity contribution in [2.45, 2.75) is 52.6 Å². The molecular formula is C30H36N2O2. The summed E-state index contributed by atoms with van der Waals surface area (Å²) in [4.78, 5) is 28.8. The van der Waals surface area contributed by atoms with Crippen LogP contribution in [-0.2, 0) is 29.0 Å². The second-order valence-electron chi connectivity index (χ2n) is 9.34. The summed E-state index contributed by atoms with van der Waals surface area (Å²) in [6.45, 7) is 7.18. The van der Waals surface area contributed by atoms with E-state index >= 15 is 0 Å². The largest absolute Gasteiger partial charge is 0.354 e. The molecule has 0 saturated heterocycles. The Morgan fingerprint density at radius 2 is 1.38 bits per heavy atom. The Bertz CT molecular complexity index is 1030. The second-order valence-corrected chi connectivity index (χ2v) is 9.34. The first-order valence-electron chi connectivity index (χ1n) is 12.1. The quantitative estimate of drug-likeness (QED) is 0.423. The highest BCUT2D eigenvalue weighted by Gasteiger charge is 2.30. The molecule has 0 aliphatic heterocycles. The summed E-state index contributed by atoms with van der Waals surface area (Å²) < 4.78 is 0. The highest BCUT2D eigenvalue weighted by Crippen LogP contribution is 2.17. The molecular weight excluding hydrogens is 420 g/mol. The molecule has 1 N–H and O–H groups in total. The van der Waals surface area contributed by atoms with Crippen LogP contribution in [0.25, 0.3) is 0 Å². The van der Waals surface area contributed by atoms with Crippen LogP contribution in [0.3, 0.4) is 0 Å². The van der Waals surface area contributed by atoms with Crippen LogP contribution in [-0.4, -0.2) is 29.3 Å². The lowest BCUT2D eigenvalue weighted by Crippen LogP contribution is -2.51. The van der Waals surface area contributed by atoms with Gasteiger partial charge < -0.3 is 10.2 Å². The zero-order valence-electron chi connectivity index (χ0n) is 20.5. The van der Waals surface area contributed by atoms with E-state index in [2.05, 4.69) is 50.4 Å². The Morgan fingerprint density at radius 3 is 1.97 bits per heavy atom. The van der Waals surface area contributed by atoms with Crippen LogP contribution in [0.15, 0.2) is 84.9 Å². The van der Waals surface area contributed by atoms with Crippen LogP contribution < -0.4 is 5.32 Å². The van der Waals surface area contributed by atoms with Gasteiger partial charge >= 0.3 is 0 Å². The van der Waals surface area contributed by atoms with Gasteiger partial charge in [-0.25, -0.2) is 0 Å². The van der Waals surface area contributed by atoms with Crippen molar-refractivity contribution in [2.75, 3.05) is 6.54 Å². The molecule has 0 radical (unpaired) electrons. The molecule has 2 amide bonds. The minimum atomic E-state index is -0.577. The van der Waals surface area contributed by atoms with Gasteiger partial charge in [-0.15, -0.1) is 0 Å². The molecule has 4 heteroatoms. The first kappa shape index (κ1) is 25.2. The van der Waals surface area contributed by atoms with Gasteiger partial charge in [0.25, 0.3) is 0 Å². The number of nitrogens with zero attached hydrogens (tertiary/aromatic N) is 1. The van der Waals surface area contributed by atoms with E-state index in [1.807, 2.05) is 60.7 Å². The van der Waals surface area contributed by atoms with Crippen LogP contribution in [0.4, 0.5) is 0 Å².